The first kappa shape index (κ1) is 32.8. The Bertz CT molecular complexity index is 2370. The van der Waals surface area contributed by atoms with Crippen LogP contribution >= 0.6 is 36.7 Å². The monoisotopic (exact) mass is 710 g/mol. The second kappa shape index (κ2) is 14.3. The van der Waals surface area contributed by atoms with Crippen LogP contribution in [-0.2, 0) is 6.54 Å². The summed E-state index contributed by atoms with van der Waals surface area (Å²) in [4.78, 5) is 8.59. The van der Waals surface area contributed by atoms with Crippen molar-refractivity contribution in [3.05, 3.63) is 77.9 Å². The molecule has 3 aromatic heterocycles. The van der Waals surface area contributed by atoms with E-state index >= 15 is 0 Å². The zero-order valence-electron chi connectivity index (χ0n) is 25.2. The number of aromatic amines is 3. The van der Waals surface area contributed by atoms with Gasteiger partial charge >= 0.3 is 0 Å². The molecule has 49 heavy (non-hydrogen) atoms. The Morgan fingerprint density at radius 3 is 1.90 bits per heavy atom. The van der Waals surface area contributed by atoms with Crippen LogP contribution in [0, 0.1) is 0 Å². The predicted molar refractivity (Wildman–Crippen MR) is 199 cm³/mol. The number of aromatic nitrogens is 3. The summed E-state index contributed by atoms with van der Waals surface area (Å²) >= 11 is 15.3. The fourth-order valence-corrected chi connectivity index (χ4v) is 5.19. The van der Waals surface area contributed by atoms with E-state index in [1.807, 2.05) is 66.7 Å². The maximum Gasteiger partial charge on any atom is 0.218 e. The molecule has 0 saturated carbocycles. The number of nitrogens with zero attached hydrogens (tertiary/aromatic N) is 6. The predicted octanol–water partition coefficient (Wildman–Crippen LogP) is 7.40. The fourth-order valence-electron chi connectivity index (χ4n) is 4.91. The molecule has 6 aromatic rings. The summed E-state index contributed by atoms with van der Waals surface area (Å²) in [5.74, 6) is -0.392. The van der Waals surface area contributed by atoms with Crippen molar-refractivity contribution in [1.29, 1.82) is 0 Å². The highest BCUT2D eigenvalue weighted by Crippen LogP contribution is 2.37. The lowest BCUT2D eigenvalue weighted by molar-refractivity contribution is 0.459. The van der Waals surface area contributed by atoms with Crippen molar-refractivity contribution in [2.75, 3.05) is 6.54 Å². The number of H-pyrrole nitrogens is 3. The van der Waals surface area contributed by atoms with Gasteiger partial charge in [-0.1, -0.05) is 48.6 Å². The molecule has 0 bridgehead atoms. The highest BCUT2D eigenvalue weighted by Gasteiger charge is 2.13. The molecule has 0 amide bonds. The van der Waals surface area contributed by atoms with Crippen molar-refractivity contribution < 1.29 is 15.3 Å². The standard InChI is InChI=1S/C31H26N12O3S3/c32-29(47)41-38-24-19-10-8-16(13-22(19)37-27(24)45)14-34-31(49)43-40-25-18-9-7-15(12-21(18)36-28(25)46)4-3-11-33-30(48)42-39-23-17-5-1-2-6-20(17)35-26(23)44/h1-10,12-13,35-37,44-46H,11,14H2,(H2,32,47)(H,33,48)(H,34,49). The van der Waals surface area contributed by atoms with Crippen molar-refractivity contribution in [3.63, 3.8) is 0 Å². The number of rotatable bonds is 8. The molecule has 246 valence electrons. The van der Waals surface area contributed by atoms with E-state index in [1.165, 1.54) is 0 Å². The van der Waals surface area contributed by atoms with E-state index in [0.29, 0.717) is 40.6 Å². The van der Waals surface area contributed by atoms with Crippen LogP contribution in [0.25, 0.3) is 38.8 Å². The van der Waals surface area contributed by atoms with Gasteiger partial charge in [0.15, 0.2) is 17.1 Å². The average Bonchev–Trinajstić information content (AvgIpc) is 3.69. The smallest absolute Gasteiger partial charge is 0.218 e. The van der Waals surface area contributed by atoms with Crippen LogP contribution in [0.2, 0.25) is 0 Å². The normalized spacial score (nSPS) is 12.1. The topological polar surface area (TPSA) is 232 Å². The van der Waals surface area contributed by atoms with E-state index in [9.17, 15) is 15.3 Å². The molecule has 0 unspecified atom stereocenters. The molecule has 0 aliphatic rings. The first-order valence-corrected chi connectivity index (χ1v) is 15.6. The molecule has 10 N–H and O–H groups in total. The van der Waals surface area contributed by atoms with E-state index in [2.05, 4.69) is 56.3 Å². The van der Waals surface area contributed by atoms with Gasteiger partial charge in [-0.3, -0.25) is 0 Å². The van der Waals surface area contributed by atoms with Gasteiger partial charge in [-0.05, 0) is 72.0 Å². The van der Waals surface area contributed by atoms with E-state index in [1.54, 1.807) is 6.07 Å². The molecular weight excluding hydrogens is 685 g/mol. The van der Waals surface area contributed by atoms with Gasteiger partial charge in [0, 0.05) is 29.2 Å². The molecule has 18 heteroatoms. The van der Waals surface area contributed by atoms with Gasteiger partial charge in [0.1, 0.15) is 0 Å². The van der Waals surface area contributed by atoms with E-state index in [0.717, 1.165) is 22.0 Å². The molecule has 0 radical (unpaired) electrons. The second-order valence-electron chi connectivity index (χ2n) is 10.4. The minimum absolute atomic E-state index is 0.0812. The van der Waals surface area contributed by atoms with Crippen molar-refractivity contribution in [1.82, 2.24) is 25.6 Å². The third-order valence-corrected chi connectivity index (χ3v) is 7.64. The lowest BCUT2D eigenvalue weighted by Crippen LogP contribution is -2.18. The number of nitrogens with two attached hydrogens (primary N) is 1. The molecule has 0 saturated heterocycles. The first-order valence-electron chi connectivity index (χ1n) is 14.4. The van der Waals surface area contributed by atoms with Crippen LogP contribution in [0.15, 0.2) is 97.4 Å². The minimum Gasteiger partial charge on any atom is -0.493 e. The summed E-state index contributed by atoms with van der Waals surface area (Å²) in [7, 11) is 0. The van der Waals surface area contributed by atoms with Crippen molar-refractivity contribution in [2.24, 2.45) is 36.4 Å². The summed E-state index contributed by atoms with van der Waals surface area (Å²) in [5.41, 5.74) is 9.88. The van der Waals surface area contributed by atoms with Crippen LogP contribution in [0.5, 0.6) is 17.6 Å². The summed E-state index contributed by atoms with van der Waals surface area (Å²) in [6.07, 6.45) is 3.74. The largest absolute Gasteiger partial charge is 0.493 e. The zero-order chi connectivity index (χ0) is 34.5. The van der Waals surface area contributed by atoms with Crippen molar-refractivity contribution in [2.45, 2.75) is 6.54 Å². The van der Waals surface area contributed by atoms with Gasteiger partial charge in [-0.15, -0.1) is 30.7 Å². The molecule has 6 rings (SSSR count). The number of azo groups is 3. The SMILES string of the molecule is NC(=S)N=Nc1c(O)[nH]c2cc(CNC(=S)N=Nc3c(O)[nH]c4cc(C=CCNC(=S)N=Nc5c(O)[nH]c6ccccc56)ccc34)ccc12. The number of nitrogens with one attached hydrogen (secondary N) is 5. The molecule has 0 aliphatic heterocycles. The van der Waals surface area contributed by atoms with E-state index in [4.69, 9.17) is 42.4 Å². The Balaban J connectivity index is 1.03. The molecule has 3 heterocycles. The Labute approximate surface area is 292 Å². The molecular formula is C31H26N12O3S3. The average molecular weight is 711 g/mol. The molecule has 3 aromatic carbocycles. The Kier molecular flexibility index (Phi) is 9.60. The first-order chi connectivity index (χ1) is 23.7. The van der Waals surface area contributed by atoms with Crippen LogP contribution in [0.3, 0.4) is 0 Å². The van der Waals surface area contributed by atoms with Gasteiger partial charge in [-0.25, -0.2) is 0 Å². The molecule has 0 spiro atoms. The summed E-state index contributed by atoms with van der Waals surface area (Å²) < 4.78 is 0. The van der Waals surface area contributed by atoms with Crippen molar-refractivity contribution >= 4 is 108 Å². The van der Waals surface area contributed by atoms with Gasteiger partial charge in [0.25, 0.3) is 0 Å². The Morgan fingerprint density at radius 2 is 1.22 bits per heavy atom. The summed E-state index contributed by atoms with van der Waals surface area (Å²) in [6, 6.07) is 18.3. The highest BCUT2D eigenvalue weighted by molar-refractivity contribution is 7.80. The fraction of sp³-hybridized carbons (Fsp3) is 0.0645. The van der Waals surface area contributed by atoms with Crippen LogP contribution in [0.4, 0.5) is 17.1 Å². The Morgan fingerprint density at radius 1 is 0.673 bits per heavy atom. The number of para-hydroxylation sites is 1. The van der Waals surface area contributed by atoms with Gasteiger partial charge in [-0.2, -0.15) is 0 Å². The van der Waals surface area contributed by atoms with Crippen molar-refractivity contribution in [3.8, 4) is 17.6 Å². The lowest BCUT2D eigenvalue weighted by Gasteiger charge is -2.04. The zero-order valence-corrected chi connectivity index (χ0v) is 27.6. The minimum atomic E-state index is -0.159. The maximum atomic E-state index is 10.5. The summed E-state index contributed by atoms with van der Waals surface area (Å²) in [6.45, 7) is 0.705. The van der Waals surface area contributed by atoms with Gasteiger partial charge in [0.2, 0.25) is 33.0 Å². The van der Waals surface area contributed by atoms with E-state index < -0.39 is 0 Å². The number of hydrogen-bond donors (Lipinski definition) is 9. The van der Waals surface area contributed by atoms with Gasteiger partial charge < -0.3 is 46.6 Å². The number of benzene rings is 3. The number of aromatic hydroxyl groups is 3. The molecule has 0 fully saturated rings. The number of hydrogen-bond acceptors (Lipinski definition) is 9. The molecule has 15 nitrogen and oxygen atoms in total. The van der Waals surface area contributed by atoms with E-state index in [-0.39, 0.29) is 44.4 Å². The third-order valence-electron chi connectivity index (χ3n) is 7.11. The summed E-state index contributed by atoms with van der Waals surface area (Å²) in [5, 5.41) is 62.8. The van der Waals surface area contributed by atoms with Crippen LogP contribution < -0.4 is 16.4 Å². The third kappa shape index (κ3) is 7.56. The van der Waals surface area contributed by atoms with Crippen LogP contribution in [-0.4, -0.2) is 52.2 Å². The van der Waals surface area contributed by atoms with Gasteiger partial charge in [0.05, 0.1) is 16.6 Å². The maximum absolute atomic E-state index is 10.5. The quantitative estimate of drug-likeness (QED) is 0.0564. The van der Waals surface area contributed by atoms with Crippen LogP contribution in [0.1, 0.15) is 11.1 Å². The molecule has 0 atom stereocenters. The highest BCUT2D eigenvalue weighted by atomic mass is 32.1. The number of fused-ring (bicyclic) bond motifs is 3. The lowest BCUT2D eigenvalue weighted by atomic mass is 10.1. The molecule has 0 aliphatic carbocycles. The Hall–Kier alpha value is -6.11. The second-order valence-corrected chi connectivity index (χ2v) is 11.6. The number of thiocarbonyl (C=S) groups is 3.